The summed E-state index contributed by atoms with van der Waals surface area (Å²) >= 11 is 1.55. The second-order valence-electron chi connectivity index (χ2n) is 3.24. The van der Waals surface area contributed by atoms with Crippen LogP contribution in [0.5, 0.6) is 0 Å². The molecule has 0 aliphatic rings. The summed E-state index contributed by atoms with van der Waals surface area (Å²) in [6.07, 6.45) is 0. The van der Waals surface area contributed by atoms with E-state index >= 15 is 0 Å². The molecule has 0 fully saturated rings. The van der Waals surface area contributed by atoms with Gasteiger partial charge in [-0.1, -0.05) is 0 Å². The van der Waals surface area contributed by atoms with E-state index < -0.39 is 0 Å². The van der Waals surface area contributed by atoms with Crippen LogP contribution in [0.2, 0.25) is 0 Å². The zero-order chi connectivity index (χ0) is 10.6. The molecule has 1 aromatic heterocycles. The molecule has 0 unspecified atom stereocenters. The lowest BCUT2D eigenvalue weighted by Gasteiger charge is -2.15. The van der Waals surface area contributed by atoms with Crippen molar-refractivity contribution in [1.82, 2.24) is 10.2 Å². The summed E-state index contributed by atoms with van der Waals surface area (Å²) in [7, 11) is 3.71. The summed E-state index contributed by atoms with van der Waals surface area (Å²) in [5, 5.41) is 3.02. The van der Waals surface area contributed by atoms with Crippen LogP contribution < -0.4 is 5.32 Å². The van der Waals surface area contributed by atoms with Gasteiger partial charge in [-0.3, -0.25) is 4.79 Å². The van der Waals surface area contributed by atoms with Gasteiger partial charge in [0.05, 0.1) is 4.88 Å². The quantitative estimate of drug-likeness (QED) is 0.817. The van der Waals surface area contributed by atoms with Crippen molar-refractivity contribution < 1.29 is 4.79 Å². The Bertz CT molecular complexity index is 309. The number of amides is 1. The smallest absolute Gasteiger partial charge is 0.263 e. The summed E-state index contributed by atoms with van der Waals surface area (Å²) in [4.78, 5) is 15.5. The highest BCUT2D eigenvalue weighted by Gasteiger charge is 2.12. The van der Waals surface area contributed by atoms with E-state index in [0.717, 1.165) is 18.0 Å². The normalized spacial score (nSPS) is 10.2. The molecule has 0 aliphatic heterocycles. The number of carbonyl (C=O) groups is 1. The van der Waals surface area contributed by atoms with Crippen LogP contribution in [0.15, 0.2) is 12.1 Å². The molecule has 4 heteroatoms. The Labute approximate surface area is 88.7 Å². The van der Waals surface area contributed by atoms with Gasteiger partial charge in [0.1, 0.15) is 0 Å². The Morgan fingerprint density at radius 2 is 2.29 bits per heavy atom. The van der Waals surface area contributed by atoms with Gasteiger partial charge in [-0.15, -0.1) is 11.3 Å². The average Bonchev–Trinajstić information content (AvgIpc) is 2.60. The number of likely N-dealkylation sites (N-methyl/N-ethyl adjacent to an activating group) is 2. The molecule has 14 heavy (non-hydrogen) atoms. The summed E-state index contributed by atoms with van der Waals surface area (Å²) < 4.78 is 0. The summed E-state index contributed by atoms with van der Waals surface area (Å²) in [5.41, 5.74) is 0. The van der Waals surface area contributed by atoms with Crippen molar-refractivity contribution in [1.29, 1.82) is 0 Å². The maximum Gasteiger partial charge on any atom is 0.263 e. The number of thiophene rings is 1. The van der Waals surface area contributed by atoms with Crippen LogP contribution in [-0.2, 0) is 0 Å². The lowest BCUT2D eigenvalue weighted by molar-refractivity contribution is 0.0801. The van der Waals surface area contributed by atoms with Gasteiger partial charge >= 0.3 is 0 Å². The monoisotopic (exact) mass is 212 g/mol. The molecule has 0 spiro atoms. The first-order valence-corrected chi connectivity index (χ1v) is 5.43. The first-order chi connectivity index (χ1) is 6.65. The van der Waals surface area contributed by atoms with Gasteiger partial charge < -0.3 is 10.2 Å². The SMILES string of the molecule is CNCCN(C)C(=O)c1ccc(C)s1. The van der Waals surface area contributed by atoms with Crippen molar-refractivity contribution >= 4 is 17.2 Å². The molecule has 1 N–H and O–H groups in total. The van der Waals surface area contributed by atoms with Crippen molar-refractivity contribution in [3.05, 3.63) is 21.9 Å². The van der Waals surface area contributed by atoms with Gasteiger partial charge in [0, 0.05) is 25.0 Å². The van der Waals surface area contributed by atoms with E-state index in [1.807, 2.05) is 33.2 Å². The third-order valence-corrected chi connectivity index (χ3v) is 2.98. The summed E-state index contributed by atoms with van der Waals surface area (Å²) in [5.74, 6) is 0.110. The predicted octanol–water partition coefficient (Wildman–Crippen LogP) is 1.35. The second-order valence-corrected chi connectivity index (χ2v) is 4.53. The average molecular weight is 212 g/mol. The van der Waals surface area contributed by atoms with Gasteiger partial charge in [-0.2, -0.15) is 0 Å². The number of hydrogen-bond acceptors (Lipinski definition) is 3. The molecule has 3 nitrogen and oxygen atoms in total. The fourth-order valence-corrected chi connectivity index (χ4v) is 1.98. The fourth-order valence-electron chi connectivity index (χ4n) is 1.12. The highest BCUT2D eigenvalue weighted by Crippen LogP contribution is 2.16. The van der Waals surface area contributed by atoms with Crippen molar-refractivity contribution in [2.75, 3.05) is 27.2 Å². The van der Waals surface area contributed by atoms with Gasteiger partial charge in [0.2, 0.25) is 0 Å². The molecule has 0 aromatic carbocycles. The lowest BCUT2D eigenvalue weighted by atomic mass is 10.4. The van der Waals surface area contributed by atoms with Crippen LogP contribution in [0.1, 0.15) is 14.5 Å². The van der Waals surface area contributed by atoms with E-state index in [9.17, 15) is 4.79 Å². The first-order valence-electron chi connectivity index (χ1n) is 4.61. The highest BCUT2D eigenvalue weighted by molar-refractivity contribution is 7.13. The van der Waals surface area contributed by atoms with Crippen molar-refractivity contribution in [2.45, 2.75) is 6.92 Å². The van der Waals surface area contributed by atoms with Crippen molar-refractivity contribution in [2.24, 2.45) is 0 Å². The largest absolute Gasteiger partial charge is 0.340 e. The summed E-state index contributed by atoms with van der Waals surface area (Å²) in [6, 6.07) is 3.86. The molecule has 1 aromatic rings. The first kappa shape index (κ1) is 11.2. The zero-order valence-corrected chi connectivity index (χ0v) is 9.65. The molecule has 0 saturated heterocycles. The number of nitrogens with one attached hydrogen (secondary N) is 1. The standard InChI is InChI=1S/C10H16N2OS/c1-8-4-5-9(14-8)10(13)12(3)7-6-11-2/h4-5,11H,6-7H2,1-3H3. The third kappa shape index (κ3) is 2.82. The molecular weight excluding hydrogens is 196 g/mol. The molecule has 0 bridgehead atoms. The van der Waals surface area contributed by atoms with Crippen LogP contribution in [0.25, 0.3) is 0 Å². The minimum Gasteiger partial charge on any atom is -0.340 e. The number of aryl methyl sites for hydroxylation is 1. The Morgan fingerprint density at radius 1 is 1.57 bits per heavy atom. The number of rotatable bonds is 4. The van der Waals surface area contributed by atoms with E-state index in [1.54, 1.807) is 16.2 Å². The second kappa shape index (κ2) is 5.12. The van der Waals surface area contributed by atoms with Crippen LogP contribution in [0.4, 0.5) is 0 Å². The minimum atomic E-state index is 0.110. The van der Waals surface area contributed by atoms with Crippen molar-refractivity contribution in [3.8, 4) is 0 Å². The maximum atomic E-state index is 11.8. The molecule has 1 rings (SSSR count). The highest BCUT2D eigenvalue weighted by atomic mass is 32.1. The Hall–Kier alpha value is -0.870. The number of carbonyl (C=O) groups excluding carboxylic acids is 1. The van der Waals surface area contributed by atoms with Crippen LogP contribution in [-0.4, -0.2) is 38.0 Å². The van der Waals surface area contributed by atoms with Crippen molar-refractivity contribution in [3.63, 3.8) is 0 Å². The maximum absolute atomic E-state index is 11.8. The molecule has 0 saturated carbocycles. The molecule has 78 valence electrons. The topological polar surface area (TPSA) is 32.3 Å². The van der Waals surface area contributed by atoms with Crippen LogP contribution in [0.3, 0.4) is 0 Å². The minimum absolute atomic E-state index is 0.110. The summed E-state index contributed by atoms with van der Waals surface area (Å²) in [6.45, 7) is 3.58. The third-order valence-electron chi connectivity index (χ3n) is 2.00. The van der Waals surface area contributed by atoms with Gasteiger partial charge in [0.15, 0.2) is 0 Å². The molecule has 1 heterocycles. The van der Waals surface area contributed by atoms with Gasteiger partial charge in [-0.25, -0.2) is 0 Å². The van der Waals surface area contributed by atoms with Gasteiger partial charge in [-0.05, 0) is 26.1 Å². The molecule has 1 amide bonds. The van der Waals surface area contributed by atoms with E-state index in [2.05, 4.69) is 5.32 Å². The van der Waals surface area contributed by atoms with Gasteiger partial charge in [0.25, 0.3) is 5.91 Å². The lowest BCUT2D eigenvalue weighted by Crippen LogP contribution is -2.32. The Morgan fingerprint density at radius 3 is 2.79 bits per heavy atom. The molecular formula is C10H16N2OS. The van der Waals surface area contributed by atoms with E-state index in [1.165, 1.54) is 4.88 Å². The van der Waals surface area contributed by atoms with E-state index in [-0.39, 0.29) is 5.91 Å². The van der Waals surface area contributed by atoms with Crippen LogP contribution >= 0.6 is 11.3 Å². The Kier molecular flexibility index (Phi) is 4.10. The predicted molar refractivity (Wildman–Crippen MR) is 59.9 cm³/mol. The van der Waals surface area contributed by atoms with E-state index in [0.29, 0.717) is 0 Å². The molecule has 0 radical (unpaired) electrons. The number of hydrogen-bond donors (Lipinski definition) is 1. The van der Waals surface area contributed by atoms with E-state index in [4.69, 9.17) is 0 Å². The Balaban J connectivity index is 2.56. The van der Waals surface area contributed by atoms with Crippen LogP contribution in [0, 0.1) is 6.92 Å². The molecule has 0 atom stereocenters. The number of nitrogens with zero attached hydrogens (tertiary/aromatic N) is 1. The molecule has 0 aliphatic carbocycles. The zero-order valence-electron chi connectivity index (χ0n) is 8.83. The fraction of sp³-hybridized carbons (Fsp3) is 0.500.